The van der Waals surface area contributed by atoms with Gasteiger partial charge in [0.15, 0.2) is 0 Å². The molecule has 1 radical (unpaired) electrons. The SMILES string of the molecule is [C]#CCCO. The molecule has 0 aliphatic rings. The van der Waals surface area contributed by atoms with Gasteiger partial charge in [-0.15, -0.1) is 0 Å². The molecule has 0 aromatic rings. The summed E-state index contributed by atoms with van der Waals surface area (Å²) in [5.41, 5.74) is 0. The minimum absolute atomic E-state index is 0.0451. The molecule has 1 N–H and O–H groups in total. The van der Waals surface area contributed by atoms with Crippen LogP contribution in [0.15, 0.2) is 0 Å². The second kappa shape index (κ2) is 3.52. The van der Waals surface area contributed by atoms with Crippen LogP contribution >= 0.6 is 0 Å². The molecule has 0 aromatic heterocycles. The lowest BCUT2D eigenvalue weighted by atomic mass is 10.5. The summed E-state index contributed by atoms with van der Waals surface area (Å²) < 4.78 is 0. The van der Waals surface area contributed by atoms with Gasteiger partial charge in [0.25, 0.3) is 0 Å². The van der Waals surface area contributed by atoms with Crippen LogP contribution in [0.25, 0.3) is 0 Å². The number of hydrogen-bond donors (Lipinski definition) is 1. The van der Waals surface area contributed by atoms with Crippen molar-refractivity contribution >= 4 is 0 Å². The average Bonchev–Trinajstić information content (AvgIpc) is 1.41. The van der Waals surface area contributed by atoms with E-state index in [0.717, 1.165) is 0 Å². The Balaban J connectivity index is 2.48. The van der Waals surface area contributed by atoms with Gasteiger partial charge in [0.1, 0.15) is 0 Å². The van der Waals surface area contributed by atoms with E-state index in [1.165, 1.54) is 0 Å². The lowest BCUT2D eigenvalue weighted by molar-refractivity contribution is 0.305. The van der Waals surface area contributed by atoms with Crippen LogP contribution in [0, 0.1) is 12.3 Å². The molecule has 0 spiro atoms. The normalized spacial score (nSPS) is 6.40. The Morgan fingerprint density at radius 3 is 2.40 bits per heavy atom. The Bertz CT molecular complexity index is 42.1. The van der Waals surface area contributed by atoms with Crippen molar-refractivity contribution in [2.24, 2.45) is 0 Å². The summed E-state index contributed by atoms with van der Waals surface area (Å²) in [6, 6.07) is 0. The predicted molar refractivity (Wildman–Crippen MR) is 18.8 cm³/mol. The molecule has 0 bridgehead atoms. The molecule has 0 saturated heterocycles. The zero-order valence-corrected chi connectivity index (χ0v) is 2.86. The highest BCUT2D eigenvalue weighted by Crippen LogP contribution is 1.62. The molecule has 0 aromatic carbocycles. The summed E-state index contributed by atoms with van der Waals surface area (Å²) in [7, 11) is 0. The zero-order chi connectivity index (χ0) is 4.12. The second-order valence-electron chi connectivity index (χ2n) is 0.650. The highest BCUT2D eigenvalue weighted by Gasteiger charge is 1.63. The maximum Gasteiger partial charge on any atom is 0.0540 e. The number of aliphatic hydroxyl groups is 1. The van der Waals surface area contributed by atoms with Gasteiger partial charge in [-0.2, -0.15) is 0 Å². The Labute approximate surface area is 31.6 Å². The summed E-state index contributed by atoms with van der Waals surface area (Å²) in [6.45, 7) is 0.0451. The highest BCUT2D eigenvalue weighted by molar-refractivity contribution is 4.72. The van der Waals surface area contributed by atoms with E-state index in [-0.39, 0.29) is 6.61 Å². The minimum atomic E-state index is 0.0451. The van der Waals surface area contributed by atoms with Crippen molar-refractivity contribution in [3.8, 4) is 5.92 Å². The minimum Gasteiger partial charge on any atom is -0.395 e. The Hall–Kier alpha value is -0.480. The molecule has 0 atom stereocenters. The van der Waals surface area contributed by atoms with Crippen LogP contribution in [-0.4, -0.2) is 11.7 Å². The van der Waals surface area contributed by atoms with E-state index >= 15 is 0 Å². The molecule has 0 unspecified atom stereocenters. The Morgan fingerprint density at radius 1 is 1.80 bits per heavy atom. The van der Waals surface area contributed by atoms with Crippen molar-refractivity contribution in [1.29, 1.82) is 0 Å². The third-order valence-electron chi connectivity index (χ3n) is 0.237. The third-order valence-corrected chi connectivity index (χ3v) is 0.237. The monoisotopic (exact) mass is 69.0 g/mol. The predicted octanol–water partition coefficient (Wildman–Crippen LogP) is -0.0414. The smallest absolute Gasteiger partial charge is 0.0540 e. The van der Waals surface area contributed by atoms with Crippen LogP contribution in [0.4, 0.5) is 0 Å². The molecule has 27 valence electrons. The van der Waals surface area contributed by atoms with Crippen LogP contribution in [-0.2, 0) is 0 Å². The van der Waals surface area contributed by atoms with Gasteiger partial charge >= 0.3 is 0 Å². The van der Waals surface area contributed by atoms with Crippen LogP contribution in [0.2, 0.25) is 0 Å². The van der Waals surface area contributed by atoms with E-state index in [1.54, 1.807) is 0 Å². The maximum absolute atomic E-state index is 7.88. The van der Waals surface area contributed by atoms with Gasteiger partial charge in [-0.05, 0) is 6.42 Å². The van der Waals surface area contributed by atoms with Crippen molar-refractivity contribution in [2.45, 2.75) is 6.42 Å². The molecule has 0 rings (SSSR count). The van der Waals surface area contributed by atoms with Crippen LogP contribution in [0.1, 0.15) is 6.42 Å². The van der Waals surface area contributed by atoms with Gasteiger partial charge in [0.05, 0.1) is 6.61 Å². The Morgan fingerprint density at radius 2 is 2.40 bits per heavy atom. The first kappa shape index (κ1) is 4.52. The van der Waals surface area contributed by atoms with Crippen molar-refractivity contribution in [1.82, 2.24) is 0 Å². The van der Waals surface area contributed by atoms with Gasteiger partial charge in [-0.25, -0.2) is 0 Å². The molecule has 0 amide bonds. The van der Waals surface area contributed by atoms with Gasteiger partial charge < -0.3 is 5.11 Å². The summed E-state index contributed by atoms with van der Waals surface area (Å²) in [5, 5.41) is 7.88. The molecule has 0 heterocycles. The van der Waals surface area contributed by atoms with E-state index in [2.05, 4.69) is 0 Å². The second-order valence-corrected chi connectivity index (χ2v) is 0.650. The molecule has 1 heteroatoms. The largest absolute Gasteiger partial charge is 0.395 e. The summed E-state index contributed by atoms with van der Waals surface area (Å²) in [4.78, 5) is 0. The molecule has 5 heavy (non-hydrogen) atoms. The van der Waals surface area contributed by atoms with E-state index in [0.29, 0.717) is 6.42 Å². The van der Waals surface area contributed by atoms with E-state index < -0.39 is 0 Å². The fourth-order valence-electron chi connectivity index (χ4n) is 0.0559. The van der Waals surface area contributed by atoms with E-state index in [9.17, 15) is 0 Å². The van der Waals surface area contributed by atoms with Crippen molar-refractivity contribution in [3.05, 3.63) is 6.42 Å². The lowest BCUT2D eigenvalue weighted by Crippen LogP contribution is -1.72. The third kappa shape index (κ3) is 3.52. The lowest BCUT2D eigenvalue weighted by Gasteiger charge is -1.69. The van der Waals surface area contributed by atoms with E-state index in [4.69, 9.17) is 11.5 Å². The molecule has 0 fully saturated rings. The van der Waals surface area contributed by atoms with Crippen LogP contribution < -0.4 is 0 Å². The molecule has 0 aliphatic carbocycles. The van der Waals surface area contributed by atoms with Crippen LogP contribution in [0.3, 0.4) is 0 Å². The number of aliphatic hydroxyl groups excluding tert-OH is 1. The maximum atomic E-state index is 7.88. The first-order valence-electron chi connectivity index (χ1n) is 1.42. The highest BCUT2D eigenvalue weighted by atomic mass is 16.2. The van der Waals surface area contributed by atoms with Crippen LogP contribution in [0.5, 0.6) is 0 Å². The standard InChI is InChI=1S/C4H5O/c1-2-3-4-5/h5H,3-4H2. The average molecular weight is 69.1 g/mol. The molecule has 0 saturated carbocycles. The van der Waals surface area contributed by atoms with Gasteiger partial charge in [0.2, 0.25) is 0 Å². The number of hydrogen-bond acceptors (Lipinski definition) is 1. The van der Waals surface area contributed by atoms with Gasteiger partial charge in [-0.3, -0.25) is 0 Å². The van der Waals surface area contributed by atoms with Crippen molar-refractivity contribution in [2.75, 3.05) is 6.61 Å². The molecular formula is C4H5O. The zero-order valence-electron chi connectivity index (χ0n) is 2.86. The molecule has 0 aliphatic heterocycles. The molecular weight excluding hydrogens is 64.0 g/mol. The van der Waals surface area contributed by atoms with Gasteiger partial charge in [0, 0.05) is 6.42 Å². The number of rotatable bonds is 1. The van der Waals surface area contributed by atoms with E-state index in [1.807, 2.05) is 5.92 Å². The fraction of sp³-hybridized carbons (Fsp3) is 0.500. The van der Waals surface area contributed by atoms with Crippen molar-refractivity contribution in [3.63, 3.8) is 0 Å². The quantitative estimate of drug-likeness (QED) is 0.428. The molecule has 1 nitrogen and oxygen atoms in total. The Kier molecular flexibility index (Phi) is 3.18. The first-order chi connectivity index (χ1) is 2.41. The summed E-state index contributed by atoms with van der Waals surface area (Å²) in [5.74, 6) is 2.02. The summed E-state index contributed by atoms with van der Waals surface area (Å²) in [6.07, 6.45) is 6.55. The summed E-state index contributed by atoms with van der Waals surface area (Å²) >= 11 is 0. The fourth-order valence-corrected chi connectivity index (χ4v) is 0.0559. The first-order valence-corrected chi connectivity index (χ1v) is 1.42. The topological polar surface area (TPSA) is 20.2 Å². The van der Waals surface area contributed by atoms with Gasteiger partial charge in [-0.1, -0.05) is 5.92 Å². The van der Waals surface area contributed by atoms with Crippen molar-refractivity contribution < 1.29 is 5.11 Å².